The average Bonchev–Trinajstić information content (AvgIpc) is 3.07. The molecule has 0 radical (unpaired) electrons. The fourth-order valence-corrected chi connectivity index (χ4v) is 2.93. The Morgan fingerprint density at radius 1 is 1.23 bits per heavy atom. The minimum Gasteiger partial charge on any atom is -0.493 e. The van der Waals surface area contributed by atoms with Gasteiger partial charge in [-0.05, 0) is 43.7 Å². The number of hydrogen-bond donors (Lipinski definition) is 1. The predicted molar refractivity (Wildman–Crippen MR) is 103 cm³/mol. The molecule has 2 aromatic carbocycles. The van der Waals surface area contributed by atoms with E-state index in [9.17, 15) is 9.59 Å². The summed E-state index contributed by atoms with van der Waals surface area (Å²) in [6.07, 6.45) is 4.66. The fraction of sp³-hybridized carbons (Fsp3) is 0.238. The van der Waals surface area contributed by atoms with Crippen LogP contribution >= 0.6 is 0 Å². The summed E-state index contributed by atoms with van der Waals surface area (Å²) < 4.78 is 5.55. The molecule has 0 aromatic heterocycles. The van der Waals surface area contributed by atoms with Crippen molar-refractivity contribution in [2.24, 2.45) is 0 Å². The maximum absolute atomic E-state index is 12.2. The summed E-state index contributed by atoms with van der Waals surface area (Å²) >= 11 is 0. The number of rotatable bonds is 6. The molecule has 1 aliphatic heterocycles. The number of carbonyl (C=O) groups is 2. The molecule has 5 heteroatoms. The zero-order valence-corrected chi connectivity index (χ0v) is 14.8. The number of anilines is 2. The highest BCUT2D eigenvalue weighted by Gasteiger charge is 2.21. The summed E-state index contributed by atoms with van der Waals surface area (Å²) in [4.78, 5) is 25.9. The third kappa shape index (κ3) is 4.30. The number of nitrogens with one attached hydrogen (secondary N) is 1. The molecule has 134 valence electrons. The first-order valence-electron chi connectivity index (χ1n) is 8.78. The molecular weight excluding hydrogens is 328 g/mol. The summed E-state index contributed by atoms with van der Waals surface area (Å²) in [6.45, 7) is 3.22. The zero-order valence-electron chi connectivity index (χ0n) is 14.8. The predicted octanol–water partition coefficient (Wildman–Crippen LogP) is 3.86. The van der Waals surface area contributed by atoms with Gasteiger partial charge < -0.3 is 15.0 Å². The topological polar surface area (TPSA) is 58.6 Å². The molecule has 26 heavy (non-hydrogen) atoms. The van der Waals surface area contributed by atoms with Gasteiger partial charge in [0.15, 0.2) is 0 Å². The summed E-state index contributed by atoms with van der Waals surface area (Å²) in [5.41, 5.74) is 2.33. The fourth-order valence-electron chi connectivity index (χ4n) is 2.93. The van der Waals surface area contributed by atoms with Crippen molar-refractivity contribution in [1.29, 1.82) is 0 Å². The van der Waals surface area contributed by atoms with Crippen LogP contribution in [-0.4, -0.2) is 25.0 Å². The number of amides is 2. The Kier molecular flexibility index (Phi) is 5.69. The van der Waals surface area contributed by atoms with E-state index in [2.05, 4.69) is 5.32 Å². The highest BCUT2D eigenvalue weighted by atomic mass is 16.5. The molecule has 1 N–H and O–H groups in total. The van der Waals surface area contributed by atoms with E-state index in [0.29, 0.717) is 18.7 Å². The number of nitrogens with zero attached hydrogens (tertiary/aromatic N) is 1. The molecule has 0 saturated carbocycles. The van der Waals surface area contributed by atoms with Crippen LogP contribution < -0.4 is 15.0 Å². The van der Waals surface area contributed by atoms with Crippen LogP contribution in [-0.2, 0) is 9.59 Å². The summed E-state index contributed by atoms with van der Waals surface area (Å²) in [5.74, 6) is 0.635. The van der Waals surface area contributed by atoms with Crippen molar-refractivity contribution in [3.63, 3.8) is 0 Å². The van der Waals surface area contributed by atoms with E-state index in [4.69, 9.17) is 4.74 Å². The normalized spacial score (nSPS) is 14.0. The van der Waals surface area contributed by atoms with Gasteiger partial charge in [-0.15, -0.1) is 0 Å². The van der Waals surface area contributed by atoms with Crippen molar-refractivity contribution < 1.29 is 14.3 Å². The van der Waals surface area contributed by atoms with Gasteiger partial charge in [0, 0.05) is 36.0 Å². The molecule has 5 nitrogen and oxygen atoms in total. The highest BCUT2D eigenvalue weighted by molar-refractivity contribution is 6.03. The molecule has 2 aromatic rings. The molecule has 0 unspecified atom stereocenters. The van der Waals surface area contributed by atoms with Crippen LogP contribution in [0.3, 0.4) is 0 Å². The Hall–Kier alpha value is -3.08. The molecule has 0 bridgehead atoms. The van der Waals surface area contributed by atoms with Crippen LogP contribution in [0.15, 0.2) is 54.6 Å². The highest BCUT2D eigenvalue weighted by Crippen LogP contribution is 2.24. The van der Waals surface area contributed by atoms with Crippen molar-refractivity contribution in [3.05, 3.63) is 60.2 Å². The summed E-state index contributed by atoms with van der Waals surface area (Å²) in [5, 5.41) is 2.84. The van der Waals surface area contributed by atoms with Gasteiger partial charge in [0.1, 0.15) is 5.75 Å². The van der Waals surface area contributed by atoms with Crippen molar-refractivity contribution in [2.45, 2.75) is 19.8 Å². The minimum absolute atomic E-state index is 0.126. The molecular formula is C21H22N2O3. The average molecular weight is 350 g/mol. The first-order chi connectivity index (χ1) is 12.7. The van der Waals surface area contributed by atoms with E-state index in [1.165, 1.54) is 6.08 Å². The Labute approximate surface area is 153 Å². The minimum atomic E-state index is -0.235. The van der Waals surface area contributed by atoms with Crippen LogP contribution in [0.4, 0.5) is 11.4 Å². The molecule has 0 aliphatic carbocycles. The van der Waals surface area contributed by atoms with Crippen LogP contribution in [0.2, 0.25) is 0 Å². The van der Waals surface area contributed by atoms with Gasteiger partial charge in [-0.25, -0.2) is 0 Å². The van der Waals surface area contributed by atoms with E-state index in [1.54, 1.807) is 11.0 Å². The Morgan fingerprint density at radius 2 is 2.08 bits per heavy atom. The lowest BCUT2D eigenvalue weighted by Gasteiger charge is -2.16. The van der Waals surface area contributed by atoms with Gasteiger partial charge in [0.05, 0.1) is 6.61 Å². The van der Waals surface area contributed by atoms with Crippen molar-refractivity contribution in [3.8, 4) is 5.75 Å². The second-order valence-electron chi connectivity index (χ2n) is 5.99. The monoisotopic (exact) mass is 350 g/mol. The number of carbonyl (C=O) groups excluding carboxylic acids is 2. The SMILES string of the molecule is CCOc1ccccc1/C=C/C(=O)Nc1cccc(N2CCCC2=O)c1. The number of hydrogen-bond acceptors (Lipinski definition) is 3. The van der Waals surface area contributed by atoms with Crippen molar-refractivity contribution in [2.75, 3.05) is 23.4 Å². The van der Waals surface area contributed by atoms with E-state index in [0.717, 1.165) is 30.0 Å². The third-order valence-corrected chi connectivity index (χ3v) is 4.13. The molecule has 1 fully saturated rings. The number of benzene rings is 2. The third-order valence-electron chi connectivity index (χ3n) is 4.13. The molecule has 3 rings (SSSR count). The maximum Gasteiger partial charge on any atom is 0.248 e. The molecule has 1 saturated heterocycles. The molecule has 0 atom stereocenters. The van der Waals surface area contributed by atoms with E-state index in [-0.39, 0.29) is 11.8 Å². The molecule has 0 spiro atoms. The van der Waals surface area contributed by atoms with E-state index in [1.807, 2.05) is 55.5 Å². The van der Waals surface area contributed by atoms with Crippen LogP contribution in [0.5, 0.6) is 5.75 Å². The van der Waals surface area contributed by atoms with E-state index >= 15 is 0 Å². The first kappa shape index (κ1) is 17.7. The van der Waals surface area contributed by atoms with Gasteiger partial charge in [-0.3, -0.25) is 9.59 Å². The van der Waals surface area contributed by atoms with Gasteiger partial charge >= 0.3 is 0 Å². The molecule has 2 amide bonds. The maximum atomic E-state index is 12.2. The summed E-state index contributed by atoms with van der Waals surface area (Å²) in [6, 6.07) is 14.9. The number of para-hydroxylation sites is 1. The zero-order chi connectivity index (χ0) is 18.4. The molecule has 1 heterocycles. The number of ether oxygens (including phenoxy) is 1. The van der Waals surface area contributed by atoms with Crippen molar-refractivity contribution in [1.82, 2.24) is 0 Å². The van der Waals surface area contributed by atoms with Crippen LogP contribution in [0.1, 0.15) is 25.3 Å². The van der Waals surface area contributed by atoms with Crippen LogP contribution in [0, 0.1) is 0 Å². The van der Waals surface area contributed by atoms with Crippen molar-refractivity contribution >= 4 is 29.3 Å². The Morgan fingerprint density at radius 3 is 2.85 bits per heavy atom. The Balaban J connectivity index is 1.68. The van der Waals surface area contributed by atoms with Gasteiger partial charge in [-0.2, -0.15) is 0 Å². The van der Waals surface area contributed by atoms with Gasteiger partial charge in [0.25, 0.3) is 0 Å². The Bertz CT molecular complexity index is 830. The van der Waals surface area contributed by atoms with Gasteiger partial charge in [-0.1, -0.05) is 24.3 Å². The lowest BCUT2D eigenvalue weighted by molar-refractivity contribution is -0.117. The standard InChI is InChI=1S/C21H22N2O3/c1-2-26-19-10-4-3-7-16(19)12-13-20(24)22-17-8-5-9-18(15-17)23-14-6-11-21(23)25/h3-5,7-10,12-13,15H,2,6,11,14H2,1H3,(H,22,24)/b13-12+. The summed E-state index contributed by atoms with van der Waals surface area (Å²) in [7, 11) is 0. The largest absolute Gasteiger partial charge is 0.493 e. The first-order valence-corrected chi connectivity index (χ1v) is 8.78. The smallest absolute Gasteiger partial charge is 0.248 e. The second kappa shape index (κ2) is 8.34. The quantitative estimate of drug-likeness (QED) is 0.805. The molecule has 1 aliphatic rings. The lowest BCUT2D eigenvalue weighted by Crippen LogP contribution is -2.23. The second-order valence-corrected chi connectivity index (χ2v) is 5.99. The van der Waals surface area contributed by atoms with E-state index < -0.39 is 0 Å². The lowest BCUT2D eigenvalue weighted by atomic mass is 10.2. The van der Waals surface area contributed by atoms with Gasteiger partial charge in [0.2, 0.25) is 11.8 Å². The van der Waals surface area contributed by atoms with Crippen LogP contribution in [0.25, 0.3) is 6.08 Å².